The lowest BCUT2D eigenvalue weighted by atomic mass is 10.2. The molecule has 0 spiro atoms. The van der Waals surface area contributed by atoms with Gasteiger partial charge in [-0.25, -0.2) is 9.59 Å². The molecule has 2 rings (SSSR count). The van der Waals surface area contributed by atoms with E-state index in [1.54, 1.807) is 0 Å². The smallest absolute Gasteiger partial charge is 0.326 e. The van der Waals surface area contributed by atoms with Crippen molar-refractivity contribution in [1.29, 1.82) is 0 Å². The average molecular weight is 383 g/mol. The molecule has 2 saturated heterocycles. The second-order valence-electron chi connectivity index (χ2n) is 5.43. The molecule has 0 aromatic carbocycles. The number of nitrogens with zero attached hydrogens (tertiary/aromatic N) is 2. The maximum Gasteiger partial charge on any atom is 0.326 e. The zero-order valence-corrected chi connectivity index (χ0v) is 14.5. The van der Waals surface area contributed by atoms with E-state index in [1.807, 2.05) is 0 Å². The van der Waals surface area contributed by atoms with E-state index in [0.717, 1.165) is 12.8 Å². The Balaban J connectivity index is 0.000000240. The van der Waals surface area contributed by atoms with Crippen LogP contribution in [0.5, 0.6) is 0 Å². The summed E-state index contributed by atoms with van der Waals surface area (Å²) in [6.45, 7) is 1.03. The summed E-state index contributed by atoms with van der Waals surface area (Å²) in [5, 5.41) is 17.4. The minimum atomic E-state index is -0.939. The second-order valence-corrected chi connectivity index (χ2v) is 5.97. The Morgan fingerprint density at radius 3 is 1.38 bits per heavy atom. The number of likely N-dealkylation sites (tertiary alicyclic amines) is 2. The molecule has 2 unspecified atom stereocenters. The molecule has 2 atom stereocenters. The number of alkyl halides is 2. The van der Waals surface area contributed by atoms with Crippen LogP contribution in [0.15, 0.2) is 0 Å². The maximum absolute atomic E-state index is 11.1. The minimum absolute atomic E-state index is 0.135. The summed E-state index contributed by atoms with van der Waals surface area (Å²) >= 11 is 10.6. The molecular formula is C14H20Cl2N2O6. The monoisotopic (exact) mass is 382 g/mol. The van der Waals surface area contributed by atoms with Crippen molar-refractivity contribution in [3.05, 3.63) is 0 Å². The fourth-order valence-corrected chi connectivity index (χ4v) is 3.10. The van der Waals surface area contributed by atoms with Crippen LogP contribution in [0.4, 0.5) is 0 Å². The van der Waals surface area contributed by atoms with Gasteiger partial charge in [0.15, 0.2) is 0 Å². The van der Waals surface area contributed by atoms with Crippen LogP contribution in [0.3, 0.4) is 0 Å². The van der Waals surface area contributed by atoms with E-state index in [4.69, 9.17) is 33.4 Å². The highest BCUT2D eigenvalue weighted by Gasteiger charge is 2.33. The fraction of sp³-hybridized carbons (Fsp3) is 0.714. The standard InChI is InChI=1S/2C7H10ClNO3/c2*8-4-6(10)9-3-1-2-5(9)7(11)12/h2*5H,1-4H2,(H,11,12). The summed E-state index contributed by atoms with van der Waals surface area (Å²) in [5.41, 5.74) is 0. The lowest BCUT2D eigenvalue weighted by molar-refractivity contribution is -0.147. The summed E-state index contributed by atoms with van der Waals surface area (Å²) < 4.78 is 0. The third kappa shape index (κ3) is 5.24. The fourth-order valence-electron chi connectivity index (χ4n) is 2.80. The molecule has 136 valence electrons. The molecule has 2 amide bonds. The van der Waals surface area contributed by atoms with E-state index >= 15 is 0 Å². The average Bonchev–Trinajstić information content (AvgIpc) is 3.22. The second kappa shape index (κ2) is 9.68. The summed E-state index contributed by atoms with van der Waals surface area (Å²) in [5.74, 6) is -2.73. The van der Waals surface area contributed by atoms with Crippen LogP contribution in [-0.4, -0.2) is 80.7 Å². The quantitative estimate of drug-likeness (QED) is 0.687. The molecule has 2 N–H and O–H groups in total. The number of carbonyl (C=O) groups excluding carboxylic acids is 2. The largest absolute Gasteiger partial charge is 0.480 e. The number of carboxylic acid groups (broad SMARTS) is 2. The lowest BCUT2D eigenvalue weighted by Gasteiger charge is -2.19. The lowest BCUT2D eigenvalue weighted by Crippen LogP contribution is -2.41. The van der Waals surface area contributed by atoms with Gasteiger partial charge in [0.2, 0.25) is 11.8 Å². The molecule has 0 aromatic heterocycles. The molecule has 10 heteroatoms. The number of amides is 2. The van der Waals surface area contributed by atoms with Crippen molar-refractivity contribution in [2.45, 2.75) is 37.8 Å². The van der Waals surface area contributed by atoms with Gasteiger partial charge in [-0.2, -0.15) is 0 Å². The first-order valence-corrected chi connectivity index (χ1v) is 8.56. The van der Waals surface area contributed by atoms with Crippen molar-refractivity contribution in [1.82, 2.24) is 9.80 Å². The number of aliphatic carboxylic acids is 2. The molecule has 2 heterocycles. The van der Waals surface area contributed by atoms with Crippen LogP contribution >= 0.6 is 23.2 Å². The molecule has 0 saturated carbocycles. The van der Waals surface area contributed by atoms with E-state index in [0.29, 0.717) is 25.9 Å². The van der Waals surface area contributed by atoms with Crippen LogP contribution in [-0.2, 0) is 19.2 Å². The molecule has 24 heavy (non-hydrogen) atoms. The molecule has 2 aliphatic heterocycles. The highest BCUT2D eigenvalue weighted by atomic mass is 35.5. The molecule has 2 aliphatic rings. The predicted octanol–water partition coefficient (Wildman–Crippen LogP) is 0.602. The Labute approximate surface area is 149 Å². The Hall–Kier alpha value is -1.54. The third-order valence-corrected chi connectivity index (χ3v) is 4.40. The highest BCUT2D eigenvalue weighted by molar-refractivity contribution is 6.27. The summed E-state index contributed by atoms with van der Waals surface area (Å²) in [6, 6.07) is -1.31. The van der Waals surface area contributed by atoms with Gasteiger partial charge in [0.05, 0.1) is 0 Å². The van der Waals surface area contributed by atoms with Crippen molar-refractivity contribution in [2.24, 2.45) is 0 Å². The van der Waals surface area contributed by atoms with Crippen molar-refractivity contribution in [3.8, 4) is 0 Å². The number of hydrogen-bond acceptors (Lipinski definition) is 4. The first-order valence-electron chi connectivity index (χ1n) is 7.50. The van der Waals surface area contributed by atoms with Crippen LogP contribution in [0.1, 0.15) is 25.7 Å². The number of halogens is 2. The van der Waals surface area contributed by atoms with Gasteiger partial charge in [0.1, 0.15) is 23.8 Å². The van der Waals surface area contributed by atoms with Gasteiger partial charge in [0.25, 0.3) is 0 Å². The Morgan fingerprint density at radius 2 is 1.12 bits per heavy atom. The Morgan fingerprint density at radius 1 is 0.792 bits per heavy atom. The van der Waals surface area contributed by atoms with Crippen LogP contribution < -0.4 is 0 Å². The SMILES string of the molecule is O=C(O)C1CCCN1C(=O)CCl.O=C(O)C1CCCN1C(=O)CCl. The van der Waals surface area contributed by atoms with Gasteiger partial charge in [-0.1, -0.05) is 0 Å². The predicted molar refractivity (Wildman–Crippen MR) is 86.2 cm³/mol. The van der Waals surface area contributed by atoms with Gasteiger partial charge in [0, 0.05) is 13.1 Å². The summed E-state index contributed by atoms with van der Waals surface area (Å²) in [6.07, 6.45) is 2.58. The molecule has 8 nitrogen and oxygen atoms in total. The Kier molecular flexibility index (Phi) is 8.27. The van der Waals surface area contributed by atoms with Crippen LogP contribution in [0, 0.1) is 0 Å². The van der Waals surface area contributed by atoms with Gasteiger partial charge >= 0.3 is 11.9 Å². The van der Waals surface area contributed by atoms with E-state index in [2.05, 4.69) is 0 Å². The number of rotatable bonds is 4. The van der Waals surface area contributed by atoms with E-state index in [-0.39, 0.29) is 23.6 Å². The molecule has 0 bridgehead atoms. The zero-order valence-electron chi connectivity index (χ0n) is 13.0. The van der Waals surface area contributed by atoms with Crippen molar-refractivity contribution >= 4 is 47.0 Å². The van der Waals surface area contributed by atoms with Gasteiger partial charge < -0.3 is 20.0 Å². The van der Waals surface area contributed by atoms with Crippen molar-refractivity contribution in [2.75, 3.05) is 24.8 Å². The normalized spacial score (nSPS) is 22.8. The molecule has 0 aliphatic carbocycles. The first-order chi connectivity index (χ1) is 11.3. The van der Waals surface area contributed by atoms with Crippen LogP contribution in [0.25, 0.3) is 0 Å². The van der Waals surface area contributed by atoms with Gasteiger partial charge in [-0.15, -0.1) is 23.2 Å². The maximum atomic E-state index is 11.1. The van der Waals surface area contributed by atoms with Crippen LogP contribution in [0.2, 0.25) is 0 Å². The first kappa shape index (κ1) is 20.5. The minimum Gasteiger partial charge on any atom is -0.480 e. The van der Waals surface area contributed by atoms with E-state index in [9.17, 15) is 19.2 Å². The third-order valence-electron chi connectivity index (χ3n) is 3.95. The highest BCUT2D eigenvalue weighted by Crippen LogP contribution is 2.18. The number of carboxylic acids is 2. The number of hydrogen-bond donors (Lipinski definition) is 2. The molecule has 0 radical (unpaired) electrons. The van der Waals surface area contributed by atoms with Crippen molar-refractivity contribution < 1.29 is 29.4 Å². The Bertz CT molecular complexity index is 458. The van der Waals surface area contributed by atoms with Gasteiger partial charge in [-0.05, 0) is 25.7 Å². The molecule has 2 fully saturated rings. The summed E-state index contributed by atoms with van der Waals surface area (Å²) in [7, 11) is 0. The van der Waals surface area contributed by atoms with Gasteiger partial charge in [-0.3, -0.25) is 9.59 Å². The number of carbonyl (C=O) groups is 4. The van der Waals surface area contributed by atoms with E-state index in [1.165, 1.54) is 9.80 Å². The molecule has 0 aromatic rings. The zero-order chi connectivity index (χ0) is 18.3. The topological polar surface area (TPSA) is 115 Å². The van der Waals surface area contributed by atoms with E-state index < -0.39 is 24.0 Å². The summed E-state index contributed by atoms with van der Waals surface area (Å²) in [4.78, 5) is 46.0. The molecular weight excluding hydrogens is 363 g/mol. The van der Waals surface area contributed by atoms with Crippen molar-refractivity contribution in [3.63, 3.8) is 0 Å².